The maximum Gasteiger partial charge on any atom is 0.120 e. The fourth-order valence-electron chi connectivity index (χ4n) is 1.60. The molecule has 84 valence electrons. The Bertz CT molecular complexity index is 465. The minimum atomic E-state index is 0.443. The molecule has 0 saturated heterocycles. The third-order valence-corrected chi connectivity index (χ3v) is 2.40. The summed E-state index contributed by atoms with van der Waals surface area (Å²) in [5, 5.41) is 0. The number of nitrogens with two attached hydrogens (primary N) is 1. The molecule has 0 fully saturated rings. The second-order valence-electron chi connectivity index (χ2n) is 3.59. The molecule has 4 nitrogen and oxygen atoms in total. The van der Waals surface area contributed by atoms with Crippen molar-refractivity contribution in [1.29, 1.82) is 0 Å². The third-order valence-electron chi connectivity index (χ3n) is 2.40. The van der Waals surface area contributed by atoms with Crippen LogP contribution >= 0.6 is 0 Å². The maximum absolute atomic E-state index is 5.49. The minimum absolute atomic E-state index is 0.443. The van der Waals surface area contributed by atoms with Gasteiger partial charge in [0.2, 0.25) is 0 Å². The van der Waals surface area contributed by atoms with Crippen LogP contribution in [0.25, 0.3) is 0 Å². The van der Waals surface area contributed by atoms with E-state index in [1.807, 2.05) is 24.4 Å². The quantitative estimate of drug-likeness (QED) is 0.815. The molecular formula is C12H15N3O. The van der Waals surface area contributed by atoms with Crippen LogP contribution in [-0.4, -0.2) is 17.1 Å². The van der Waals surface area contributed by atoms with Gasteiger partial charge < -0.3 is 15.5 Å². The van der Waals surface area contributed by atoms with Crippen LogP contribution in [0, 0.1) is 0 Å². The van der Waals surface area contributed by atoms with Crippen LogP contribution in [0.15, 0.2) is 30.5 Å². The number of imidazole rings is 1. The number of nitrogens with zero attached hydrogens (tertiary/aromatic N) is 1. The lowest BCUT2D eigenvalue weighted by atomic mass is 10.1. The highest BCUT2D eigenvalue weighted by atomic mass is 16.5. The van der Waals surface area contributed by atoms with Crippen LogP contribution < -0.4 is 10.5 Å². The number of hydrogen-bond acceptors (Lipinski definition) is 3. The summed E-state index contributed by atoms with van der Waals surface area (Å²) in [5.41, 5.74) is 7.74. The standard InChI is InChI=1S/C12H15N3O/c1-16-11-4-2-3-9(6-11)5-10-8-14-12(7-13)15-10/h2-4,6,8H,5,7,13H2,1H3,(H,14,15). The van der Waals surface area contributed by atoms with Crippen LogP contribution in [0.4, 0.5) is 0 Å². The Kier molecular flexibility index (Phi) is 3.22. The number of nitrogens with one attached hydrogen (secondary N) is 1. The zero-order chi connectivity index (χ0) is 11.4. The van der Waals surface area contributed by atoms with Gasteiger partial charge in [0.05, 0.1) is 13.7 Å². The molecule has 0 bridgehead atoms. The summed E-state index contributed by atoms with van der Waals surface area (Å²) in [6.45, 7) is 0.443. The molecule has 0 aliphatic carbocycles. The molecule has 0 saturated carbocycles. The number of aromatic nitrogens is 2. The third kappa shape index (κ3) is 2.41. The molecular weight excluding hydrogens is 202 g/mol. The highest BCUT2D eigenvalue weighted by Crippen LogP contribution is 2.15. The summed E-state index contributed by atoms with van der Waals surface area (Å²) in [4.78, 5) is 7.33. The molecule has 1 heterocycles. The Morgan fingerprint density at radius 1 is 1.44 bits per heavy atom. The summed E-state index contributed by atoms with van der Waals surface area (Å²) in [7, 11) is 1.67. The molecule has 0 radical (unpaired) electrons. The highest BCUT2D eigenvalue weighted by Gasteiger charge is 2.01. The smallest absolute Gasteiger partial charge is 0.120 e. The zero-order valence-electron chi connectivity index (χ0n) is 9.23. The average molecular weight is 217 g/mol. The van der Waals surface area contributed by atoms with Crippen molar-refractivity contribution < 1.29 is 4.74 Å². The first-order chi connectivity index (χ1) is 7.81. The Morgan fingerprint density at radius 3 is 3.00 bits per heavy atom. The van der Waals surface area contributed by atoms with E-state index in [2.05, 4.69) is 16.0 Å². The van der Waals surface area contributed by atoms with E-state index in [-0.39, 0.29) is 0 Å². The van der Waals surface area contributed by atoms with Gasteiger partial charge in [-0.25, -0.2) is 4.98 Å². The van der Waals surface area contributed by atoms with Gasteiger partial charge in [-0.15, -0.1) is 0 Å². The van der Waals surface area contributed by atoms with Gasteiger partial charge in [-0.05, 0) is 17.7 Å². The SMILES string of the molecule is COc1cccc(Cc2cnc(CN)[nH]2)c1. The van der Waals surface area contributed by atoms with Crippen LogP contribution in [0.3, 0.4) is 0 Å². The van der Waals surface area contributed by atoms with Gasteiger partial charge in [-0.2, -0.15) is 0 Å². The van der Waals surface area contributed by atoms with Gasteiger partial charge in [-0.3, -0.25) is 0 Å². The van der Waals surface area contributed by atoms with E-state index >= 15 is 0 Å². The molecule has 0 amide bonds. The largest absolute Gasteiger partial charge is 0.497 e. The fourth-order valence-corrected chi connectivity index (χ4v) is 1.60. The molecule has 0 spiro atoms. The van der Waals surface area contributed by atoms with E-state index < -0.39 is 0 Å². The second-order valence-corrected chi connectivity index (χ2v) is 3.59. The lowest BCUT2D eigenvalue weighted by Gasteiger charge is -2.02. The van der Waals surface area contributed by atoms with Gasteiger partial charge >= 0.3 is 0 Å². The van der Waals surface area contributed by atoms with E-state index in [0.29, 0.717) is 6.54 Å². The molecule has 0 unspecified atom stereocenters. The van der Waals surface area contributed by atoms with Crippen LogP contribution in [-0.2, 0) is 13.0 Å². The number of methoxy groups -OCH3 is 1. The summed E-state index contributed by atoms with van der Waals surface area (Å²) in [6, 6.07) is 7.99. The van der Waals surface area contributed by atoms with Gasteiger partial charge in [-0.1, -0.05) is 12.1 Å². The summed E-state index contributed by atoms with van der Waals surface area (Å²) in [6.07, 6.45) is 2.63. The molecule has 0 aliphatic heterocycles. The Balaban J connectivity index is 2.13. The molecule has 3 N–H and O–H groups in total. The van der Waals surface area contributed by atoms with E-state index in [4.69, 9.17) is 10.5 Å². The molecule has 0 aliphatic rings. The Morgan fingerprint density at radius 2 is 2.31 bits per heavy atom. The molecule has 1 aromatic carbocycles. The number of ether oxygens (including phenoxy) is 1. The summed E-state index contributed by atoms with van der Waals surface area (Å²) in [5.74, 6) is 1.69. The predicted molar refractivity (Wildman–Crippen MR) is 62.3 cm³/mol. The molecule has 1 aromatic heterocycles. The first-order valence-electron chi connectivity index (χ1n) is 5.17. The van der Waals surface area contributed by atoms with Gasteiger partial charge in [0.1, 0.15) is 11.6 Å². The predicted octanol–water partition coefficient (Wildman–Crippen LogP) is 1.47. The normalized spacial score (nSPS) is 10.4. The number of rotatable bonds is 4. The van der Waals surface area contributed by atoms with Crippen molar-refractivity contribution >= 4 is 0 Å². The van der Waals surface area contributed by atoms with Crippen molar-refractivity contribution in [2.45, 2.75) is 13.0 Å². The van der Waals surface area contributed by atoms with Gasteiger partial charge in [0.15, 0.2) is 0 Å². The van der Waals surface area contributed by atoms with Gasteiger partial charge in [0, 0.05) is 18.3 Å². The van der Waals surface area contributed by atoms with E-state index in [1.54, 1.807) is 7.11 Å². The lowest BCUT2D eigenvalue weighted by molar-refractivity contribution is 0.414. The Hall–Kier alpha value is -1.81. The topological polar surface area (TPSA) is 63.9 Å². The maximum atomic E-state index is 5.49. The number of H-pyrrole nitrogens is 1. The van der Waals surface area contributed by atoms with Gasteiger partial charge in [0.25, 0.3) is 0 Å². The summed E-state index contributed by atoms with van der Waals surface area (Å²) >= 11 is 0. The van der Waals surface area contributed by atoms with Crippen molar-refractivity contribution in [2.24, 2.45) is 5.73 Å². The molecule has 0 atom stereocenters. The molecule has 4 heteroatoms. The van der Waals surface area contributed by atoms with E-state index in [1.165, 1.54) is 5.56 Å². The lowest BCUT2D eigenvalue weighted by Crippen LogP contribution is -1.98. The number of benzene rings is 1. The first kappa shape index (κ1) is 10.7. The fraction of sp³-hybridized carbons (Fsp3) is 0.250. The summed E-state index contributed by atoms with van der Waals surface area (Å²) < 4.78 is 5.17. The molecule has 2 aromatic rings. The van der Waals surface area contributed by atoms with E-state index in [0.717, 1.165) is 23.7 Å². The van der Waals surface area contributed by atoms with Crippen LogP contribution in [0.1, 0.15) is 17.1 Å². The highest BCUT2D eigenvalue weighted by molar-refractivity contribution is 5.30. The molecule has 2 rings (SSSR count). The first-order valence-corrected chi connectivity index (χ1v) is 5.17. The second kappa shape index (κ2) is 4.81. The van der Waals surface area contributed by atoms with Crippen LogP contribution in [0.2, 0.25) is 0 Å². The van der Waals surface area contributed by atoms with Crippen molar-refractivity contribution in [3.05, 3.63) is 47.5 Å². The van der Waals surface area contributed by atoms with E-state index in [9.17, 15) is 0 Å². The average Bonchev–Trinajstić information content (AvgIpc) is 2.77. The monoisotopic (exact) mass is 217 g/mol. The van der Waals surface area contributed by atoms with Crippen LogP contribution in [0.5, 0.6) is 5.75 Å². The Labute approximate surface area is 94.5 Å². The van der Waals surface area contributed by atoms with Crippen molar-refractivity contribution in [3.63, 3.8) is 0 Å². The number of hydrogen-bond donors (Lipinski definition) is 2. The number of aromatic amines is 1. The van der Waals surface area contributed by atoms with Crippen molar-refractivity contribution in [3.8, 4) is 5.75 Å². The zero-order valence-corrected chi connectivity index (χ0v) is 9.23. The minimum Gasteiger partial charge on any atom is -0.497 e. The van der Waals surface area contributed by atoms with Crippen molar-refractivity contribution in [1.82, 2.24) is 9.97 Å². The van der Waals surface area contributed by atoms with Crippen molar-refractivity contribution in [2.75, 3.05) is 7.11 Å². The molecule has 16 heavy (non-hydrogen) atoms.